The van der Waals surface area contributed by atoms with Crippen LogP contribution in [0.5, 0.6) is 0 Å². The Morgan fingerprint density at radius 1 is 0.923 bits per heavy atom. The van der Waals surface area contributed by atoms with Gasteiger partial charge in [0.25, 0.3) is 0 Å². The van der Waals surface area contributed by atoms with E-state index in [-0.39, 0.29) is 36.9 Å². The van der Waals surface area contributed by atoms with Gasteiger partial charge in [-0.3, -0.25) is 9.59 Å². The van der Waals surface area contributed by atoms with Crippen LogP contribution in [0, 0.1) is 0 Å². The first kappa shape index (κ1) is 16.5. The summed E-state index contributed by atoms with van der Waals surface area (Å²) in [5.41, 5.74) is 6.67. The first-order chi connectivity index (χ1) is 12.6. The average Bonchev–Trinajstić information content (AvgIpc) is 3.15. The van der Waals surface area contributed by atoms with Crippen LogP contribution in [-0.4, -0.2) is 30.4 Å². The third-order valence-electron chi connectivity index (χ3n) is 4.85. The number of carbonyl (C=O) groups excluding carboxylic acids is 3. The smallest absolute Gasteiger partial charge is 0.432 e. The molecule has 6 nitrogen and oxygen atoms in total. The molecule has 0 aromatic heterocycles. The van der Waals surface area contributed by atoms with Gasteiger partial charge in [-0.05, 0) is 22.3 Å². The van der Waals surface area contributed by atoms with E-state index in [0.717, 1.165) is 22.3 Å². The lowest BCUT2D eigenvalue weighted by atomic mass is 9.98. The molecule has 2 aliphatic carbocycles. The minimum absolute atomic E-state index is 0.0790. The number of ether oxygens (including phenoxy) is 1. The van der Waals surface area contributed by atoms with Gasteiger partial charge in [0.05, 0.1) is 0 Å². The zero-order chi connectivity index (χ0) is 18.1. The summed E-state index contributed by atoms with van der Waals surface area (Å²) in [6.45, 7) is 0.112. The Bertz CT molecular complexity index is 830. The second-order valence-electron chi connectivity index (χ2n) is 6.37. The molecule has 0 radical (unpaired) electrons. The quantitative estimate of drug-likeness (QED) is 0.518. The third kappa shape index (κ3) is 2.88. The lowest BCUT2D eigenvalue weighted by Gasteiger charge is -2.14. The van der Waals surface area contributed by atoms with Crippen molar-refractivity contribution in [1.29, 1.82) is 0 Å². The monoisotopic (exact) mass is 351 g/mol. The molecule has 1 saturated carbocycles. The van der Waals surface area contributed by atoms with Gasteiger partial charge in [-0.1, -0.05) is 48.5 Å². The molecular formula is C20H17NO5. The lowest BCUT2D eigenvalue weighted by Crippen LogP contribution is -2.39. The van der Waals surface area contributed by atoms with Crippen LogP contribution in [0.15, 0.2) is 48.5 Å². The molecule has 26 heavy (non-hydrogen) atoms. The Hall–Kier alpha value is -2.99. The summed E-state index contributed by atoms with van der Waals surface area (Å²) in [7, 11) is 0. The number of hydrogen-bond acceptors (Lipinski definition) is 6. The van der Waals surface area contributed by atoms with E-state index < -0.39 is 12.2 Å². The van der Waals surface area contributed by atoms with E-state index in [2.05, 4.69) is 5.48 Å². The molecule has 0 aliphatic heterocycles. The molecular weight excluding hydrogens is 334 g/mol. The number of hydrogen-bond donors (Lipinski definition) is 1. The van der Waals surface area contributed by atoms with Crippen molar-refractivity contribution in [3.8, 4) is 11.1 Å². The van der Waals surface area contributed by atoms with Crippen LogP contribution in [0.3, 0.4) is 0 Å². The number of nitrogens with one attached hydrogen (secondary N) is 1. The summed E-state index contributed by atoms with van der Waals surface area (Å²) in [5, 5.41) is 0. The number of hydroxylamine groups is 1. The second kappa shape index (κ2) is 6.72. The van der Waals surface area contributed by atoms with E-state index in [1.165, 1.54) is 0 Å². The maximum atomic E-state index is 11.9. The third-order valence-corrected chi connectivity index (χ3v) is 4.85. The lowest BCUT2D eigenvalue weighted by molar-refractivity contribution is -0.128. The van der Waals surface area contributed by atoms with Gasteiger partial charge in [0.15, 0.2) is 17.6 Å². The van der Waals surface area contributed by atoms with Gasteiger partial charge < -0.3 is 9.57 Å². The Morgan fingerprint density at radius 3 is 2.04 bits per heavy atom. The number of Topliss-reactive ketones (excluding diaryl/α,β-unsaturated/α-hetero) is 2. The molecule has 6 heteroatoms. The van der Waals surface area contributed by atoms with Gasteiger partial charge in [0, 0.05) is 18.8 Å². The van der Waals surface area contributed by atoms with Gasteiger partial charge in [-0.25, -0.2) is 4.79 Å². The fraction of sp³-hybridized carbons (Fsp3) is 0.250. The summed E-state index contributed by atoms with van der Waals surface area (Å²) >= 11 is 0. The average molecular weight is 351 g/mol. The number of rotatable bonds is 4. The van der Waals surface area contributed by atoms with Crippen molar-refractivity contribution in [2.75, 3.05) is 6.61 Å². The van der Waals surface area contributed by atoms with E-state index in [1.54, 1.807) is 0 Å². The minimum Gasteiger partial charge on any atom is -0.432 e. The zero-order valence-corrected chi connectivity index (χ0v) is 13.9. The Kier molecular flexibility index (Phi) is 4.26. The van der Waals surface area contributed by atoms with Crippen molar-refractivity contribution in [1.82, 2.24) is 5.48 Å². The number of carbonyl (C=O) groups is 3. The largest absolute Gasteiger partial charge is 0.527 e. The molecule has 2 aromatic rings. The molecule has 0 unspecified atom stereocenters. The molecule has 132 valence electrons. The highest BCUT2D eigenvalue weighted by Gasteiger charge is 2.34. The van der Waals surface area contributed by atoms with Crippen LogP contribution in [0.1, 0.15) is 29.9 Å². The molecule has 0 bridgehead atoms. The van der Waals surface area contributed by atoms with Gasteiger partial charge >= 0.3 is 6.16 Å². The molecule has 4 rings (SSSR count). The predicted octanol–water partition coefficient (Wildman–Crippen LogP) is 2.76. The summed E-state index contributed by atoms with van der Waals surface area (Å²) < 4.78 is 5.22. The zero-order valence-electron chi connectivity index (χ0n) is 13.9. The van der Waals surface area contributed by atoms with E-state index in [0.29, 0.717) is 0 Å². The predicted molar refractivity (Wildman–Crippen MR) is 92.3 cm³/mol. The maximum Gasteiger partial charge on any atom is 0.527 e. The molecule has 1 fully saturated rings. The van der Waals surface area contributed by atoms with Gasteiger partial charge in [-0.2, -0.15) is 0 Å². The second-order valence-corrected chi connectivity index (χ2v) is 6.37. The van der Waals surface area contributed by atoms with Gasteiger partial charge in [-0.15, -0.1) is 5.48 Å². The molecule has 0 spiro atoms. The molecule has 0 amide bonds. The van der Waals surface area contributed by atoms with Gasteiger partial charge in [0.2, 0.25) is 0 Å². The van der Waals surface area contributed by atoms with Gasteiger partial charge in [0.1, 0.15) is 6.61 Å². The Balaban J connectivity index is 1.41. The van der Waals surface area contributed by atoms with Crippen molar-refractivity contribution < 1.29 is 24.0 Å². The standard InChI is InChI=1S/C20H17NO5/c22-17-9-10-18(23)19(17)21-26-20(24)25-11-16-14-7-3-1-5-12(14)13-6-2-4-8-15(13)16/h1-8,16,19,21H,9-11H2. The summed E-state index contributed by atoms with van der Waals surface area (Å²) in [6, 6.07) is 14.9. The normalized spacial score (nSPS) is 16.5. The molecule has 0 saturated heterocycles. The van der Waals surface area contributed by atoms with Crippen molar-refractivity contribution >= 4 is 17.7 Å². The maximum absolute atomic E-state index is 11.9. The SMILES string of the molecule is O=C(OCC1c2ccccc2-c2ccccc21)ONC1C(=O)CCC1=O. The van der Waals surface area contributed by atoms with Crippen molar-refractivity contribution in [3.05, 3.63) is 59.7 Å². The van der Waals surface area contributed by atoms with Crippen molar-refractivity contribution in [2.45, 2.75) is 24.8 Å². The van der Waals surface area contributed by atoms with Crippen LogP contribution in [-0.2, 0) is 19.2 Å². The first-order valence-electron chi connectivity index (χ1n) is 8.48. The molecule has 2 aliphatic rings. The fourth-order valence-corrected chi connectivity index (χ4v) is 3.57. The van der Waals surface area contributed by atoms with Crippen LogP contribution in [0.2, 0.25) is 0 Å². The summed E-state index contributed by atoms with van der Waals surface area (Å²) in [5.74, 6) is -0.632. The minimum atomic E-state index is -1.07. The van der Waals surface area contributed by atoms with Crippen LogP contribution in [0.25, 0.3) is 11.1 Å². The van der Waals surface area contributed by atoms with E-state index >= 15 is 0 Å². The Morgan fingerprint density at radius 2 is 1.46 bits per heavy atom. The summed E-state index contributed by atoms with van der Waals surface area (Å²) in [4.78, 5) is 39.7. The van der Waals surface area contributed by atoms with Crippen molar-refractivity contribution in [2.24, 2.45) is 0 Å². The van der Waals surface area contributed by atoms with Crippen LogP contribution < -0.4 is 5.48 Å². The Labute approximate surface area is 150 Å². The van der Waals surface area contributed by atoms with E-state index in [4.69, 9.17) is 9.57 Å². The fourth-order valence-electron chi connectivity index (χ4n) is 3.57. The molecule has 2 aromatic carbocycles. The topological polar surface area (TPSA) is 81.7 Å². The summed E-state index contributed by atoms with van der Waals surface area (Å²) in [6.07, 6.45) is -0.617. The highest BCUT2D eigenvalue weighted by molar-refractivity contribution is 6.12. The first-order valence-corrected chi connectivity index (χ1v) is 8.48. The molecule has 0 heterocycles. The number of fused-ring (bicyclic) bond motifs is 3. The molecule has 0 atom stereocenters. The highest BCUT2D eigenvalue weighted by Crippen LogP contribution is 2.44. The van der Waals surface area contributed by atoms with E-state index in [1.807, 2.05) is 48.5 Å². The van der Waals surface area contributed by atoms with E-state index in [9.17, 15) is 14.4 Å². The van der Waals surface area contributed by atoms with Crippen LogP contribution in [0.4, 0.5) is 4.79 Å². The number of benzene rings is 2. The number of ketones is 2. The van der Waals surface area contributed by atoms with Crippen molar-refractivity contribution in [3.63, 3.8) is 0 Å². The highest BCUT2D eigenvalue weighted by atomic mass is 16.8. The molecule has 1 N–H and O–H groups in total. The van der Waals surface area contributed by atoms with Crippen LogP contribution >= 0.6 is 0 Å².